The minimum absolute atomic E-state index is 0.0516. The van der Waals surface area contributed by atoms with E-state index in [4.69, 9.17) is 5.11 Å². The summed E-state index contributed by atoms with van der Waals surface area (Å²) in [6.45, 7) is 4.51. The molecule has 5 nitrogen and oxygen atoms in total. The lowest BCUT2D eigenvalue weighted by molar-refractivity contribution is -0.141. The smallest absolute Gasteiger partial charge is 0.308 e. The molecule has 1 aliphatic rings. The van der Waals surface area contributed by atoms with E-state index in [-0.39, 0.29) is 5.91 Å². The summed E-state index contributed by atoms with van der Waals surface area (Å²) in [4.78, 5) is 31.3. The summed E-state index contributed by atoms with van der Waals surface area (Å²) < 4.78 is 0. The number of carbonyl (C=O) groups excluding carboxylic acids is 1. The highest BCUT2D eigenvalue weighted by atomic mass is 32.1. The van der Waals surface area contributed by atoms with Gasteiger partial charge in [-0.05, 0) is 31.7 Å². The molecule has 2 aromatic rings. The van der Waals surface area contributed by atoms with Crippen LogP contribution in [0.1, 0.15) is 26.0 Å². The fourth-order valence-corrected chi connectivity index (χ4v) is 4.53. The zero-order valence-corrected chi connectivity index (χ0v) is 14.6. The van der Waals surface area contributed by atoms with E-state index in [0.717, 1.165) is 15.6 Å². The van der Waals surface area contributed by atoms with Crippen molar-refractivity contribution in [3.63, 3.8) is 0 Å². The Morgan fingerprint density at radius 3 is 2.78 bits per heavy atom. The average molecular weight is 350 g/mol. The number of carboxylic acid groups (broad SMARTS) is 1. The van der Waals surface area contributed by atoms with E-state index in [1.54, 1.807) is 16.2 Å². The lowest BCUT2D eigenvalue weighted by atomic mass is 9.88. The molecule has 1 unspecified atom stereocenters. The Labute approximate surface area is 142 Å². The van der Waals surface area contributed by atoms with Crippen molar-refractivity contribution in [2.24, 2.45) is 5.92 Å². The second kappa shape index (κ2) is 6.05. The largest absolute Gasteiger partial charge is 0.481 e. The summed E-state index contributed by atoms with van der Waals surface area (Å²) in [6.07, 6.45) is 0.522. The van der Waals surface area contributed by atoms with Crippen LogP contribution in [-0.4, -0.2) is 40.0 Å². The summed E-state index contributed by atoms with van der Waals surface area (Å²) in [7, 11) is 0. The molecular formula is C16H18N2O3S2. The summed E-state index contributed by atoms with van der Waals surface area (Å²) >= 11 is 3.16. The molecule has 7 heteroatoms. The van der Waals surface area contributed by atoms with Gasteiger partial charge < -0.3 is 10.0 Å². The molecule has 1 aliphatic heterocycles. The van der Waals surface area contributed by atoms with Crippen molar-refractivity contribution in [2.45, 2.75) is 25.7 Å². The summed E-state index contributed by atoms with van der Waals surface area (Å²) in [5, 5.41) is 13.9. The van der Waals surface area contributed by atoms with Crippen molar-refractivity contribution in [1.29, 1.82) is 0 Å². The zero-order valence-electron chi connectivity index (χ0n) is 13.0. The molecule has 3 rings (SSSR count). The Kier molecular flexibility index (Phi) is 4.25. The van der Waals surface area contributed by atoms with Crippen molar-refractivity contribution >= 4 is 34.6 Å². The molecule has 1 fully saturated rings. The van der Waals surface area contributed by atoms with Crippen molar-refractivity contribution in [2.75, 3.05) is 13.1 Å². The molecular weight excluding hydrogens is 332 g/mol. The Hall–Kier alpha value is -1.73. The number of hydrogen-bond donors (Lipinski definition) is 1. The normalized spacial score (nSPS) is 18.3. The van der Waals surface area contributed by atoms with E-state index >= 15 is 0 Å². The van der Waals surface area contributed by atoms with Gasteiger partial charge in [0.1, 0.15) is 5.01 Å². The molecule has 0 bridgehead atoms. The van der Waals surface area contributed by atoms with Crippen LogP contribution in [-0.2, 0) is 15.0 Å². The van der Waals surface area contributed by atoms with Crippen LogP contribution in [0.25, 0.3) is 9.88 Å². The maximum Gasteiger partial charge on any atom is 0.308 e. The number of carboxylic acids is 1. The monoisotopic (exact) mass is 350 g/mol. The molecule has 3 heterocycles. The summed E-state index contributed by atoms with van der Waals surface area (Å²) in [6, 6.07) is 3.99. The number of thiophene rings is 1. The number of likely N-dealkylation sites (tertiary alicyclic amines) is 1. The highest BCUT2D eigenvalue weighted by molar-refractivity contribution is 7.20. The van der Waals surface area contributed by atoms with Crippen LogP contribution in [0, 0.1) is 5.92 Å². The van der Waals surface area contributed by atoms with E-state index in [9.17, 15) is 9.59 Å². The fourth-order valence-electron chi connectivity index (χ4n) is 2.73. The standard InChI is InChI=1S/C16H18N2O3S2/c1-16(2,15(21)18-6-5-10(8-18)14(19)20)12-9-23-13(17-12)11-4-3-7-22-11/h3-4,7,9-10H,5-6,8H2,1-2H3,(H,19,20). The molecule has 1 atom stereocenters. The number of aromatic nitrogens is 1. The molecule has 122 valence electrons. The van der Waals surface area contributed by atoms with Gasteiger partial charge in [0.2, 0.25) is 5.91 Å². The van der Waals surface area contributed by atoms with Gasteiger partial charge in [0.15, 0.2) is 0 Å². The van der Waals surface area contributed by atoms with E-state index in [2.05, 4.69) is 4.98 Å². The Morgan fingerprint density at radius 2 is 2.17 bits per heavy atom. The van der Waals surface area contributed by atoms with Crippen LogP contribution < -0.4 is 0 Å². The minimum Gasteiger partial charge on any atom is -0.481 e. The van der Waals surface area contributed by atoms with E-state index in [1.807, 2.05) is 36.7 Å². The third-order valence-electron chi connectivity index (χ3n) is 4.24. The molecule has 0 spiro atoms. The van der Waals surface area contributed by atoms with Crippen molar-refractivity contribution in [3.05, 3.63) is 28.6 Å². The lowest BCUT2D eigenvalue weighted by Gasteiger charge is -2.27. The zero-order chi connectivity index (χ0) is 16.6. The second-order valence-corrected chi connectivity index (χ2v) is 8.02. The molecule has 0 radical (unpaired) electrons. The Bertz CT molecular complexity index is 722. The second-order valence-electron chi connectivity index (χ2n) is 6.22. The Balaban J connectivity index is 1.78. The lowest BCUT2D eigenvalue weighted by Crippen LogP contribution is -2.42. The van der Waals surface area contributed by atoms with Gasteiger partial charge in [-0.25, -0.2) is 4.98 Å². The van der Waals surface area contributed by atoms with Crippen LogP contribution in [0.5, 0.6) is 0 Å². The predicted octanol–water partition coefficient (Wildman–Crippen LogP) is 3.08. The quantitative estimate of drug-likeness (QED) is 0.920. The number of amides is 1. The van der Waals surface area contributed by atoms with Crippen LogP contribution in [0.2, 0.25) is 0 Å². The Morgan fingerprint density at radius 1 is 1.39 bits per heavy atom. The molecule has 23 heavy (non-hydrogen) atoms. The minimum atomic E-state index is -0.827. The molecule has 1 N–H and O–H groups in total. The number of hydrogen-bond acceptors (Lipinski definition) is 5. The van der Waals surface area contributed by atoms with Crippen LogP contribution in [0.3, 0.4) is 0 Å². The maximum atomic E-state index is 12.8. The van der Waals surface area contributed by atoms with Crippen molar-refractivity contribution in [1.82, 2.24) is 9.88 Å². The number of carbonyl (C=O) groups is 2. The first-order valence-corrected chi connectivity index (χ1v) is 9.17. The van der Waals surface area contributed by atoms with Crippen LogP contribution in [0.4, 0.5) is 0 Å². The number of rotatable bonds is 4. The molecule has 0 aliphatic carbocycles. The van der Waals surface area contributed by atoms with Crippen molar-refractivity contribution < 1.29 is 14.7 Å². The van der Waals surface area contributed by atoms with Gasteiger partial charge in [-0.1, -0.05) is 6.07 Å². The SMILES string of the molecule is CC(C)(C(=O)N1CCC(C(=O)O)C1)c1csc(-c2cccs2)n1. The van der Waals surface area contributed by atoms with Gasteiger partial charge in [-0.2, -0.15) is 0 Å². The molecule has 1 amide bonds. The van der Waals surface area contributed by atoms with E-state index in [1.165, 1.54) is 11.3 Å². The topological polar surface area (TPSA) is 70.5 Å². The van der Waals surface area contributed by atoms with Crippen LogP contribution >= 0.6 is 22.7 Å². The maximum absolute atomic E-state index is 12.8. The molecule has 0 aromatic carbocycles. The van der Waals surface area contributed by atoms with Crippen molar-refractivity contribution in [3.8, 4) is 9.88 Å². The van der Waals surface area contributed by atoms with Crippen LogP contribution in [0.15, 0.2) is 22.9 Å². The van der Waals surface area contributed by atoms with E-state index in [0.29, 0.717) is 19.5 Å². The summed E-state index contributed by atoms with van der Waals surface area (Å²) in [5.41, 5.74) is -0.00552. The van der Waals surface area contributed by atoms with Gasteiger partial charge in [-0.15, -0.1) is 22.7 Å². The highest BCUT2D eigenvalue weighted by Crippen LogP contribution is 2.34. The van der Waals surface area contributed by atoms with Gasteiger partial charge in [0.05, 0.1) is 21.9 Å². The molecule has 2 aromatic heterocycles. The predicted molar refractivity (Wildman–Crippen MR) is 90.8 cm³/mol. The van der Waals surface area contributed by atoms with E-state index < -0.39 is 17.3 Å². The first kappa shape index (κ1) is 16.1. The van der Waals surface area contributed by atoms with Gasteiger partial charge in [0, 0.05) is 18.5 Å². The summed E-state index contributed by atoms with van der Waals surface area (Å²) in [5.74, 6) is -1.33. The average Bonchev–Trinajstić information content (AvgIpc) is 3.24. The van der Waals surface area contributed by atoms with Gasteiger partial charge >= 0.3 is 5.97 Å². The molecule has 1 saturated heterocycles. The fraction of sp³-hybridized carbons (Fsp3) is 0.438. The number of aliphatic carboxylic acids is 1. The molecule has 0 saturated carbocycles. The number of nitrogens with zero attached hydrogens (tertiary/aromatic N) is 2. The first-order valence-electron chi connectivity index (χ1n) is 7.41. The first-order chi connectivity index (χ1) is 10.9. The third kappa shape index (κ3) is 3.03. The number of thiazole rings is 1. The van der Waals surface area contributed by atoms with Gasteiger partial charge in [0.25, 0.3) is 0 Å². The highest BCUT2D eigenvalue weighted by Gasteiger charge is 2.40. The van der Waals surface area contributed by atoms with Gasteiger partial charge in [-0.3, -0.25) is 9.59 Å². The third-order valence-corrected chi connectivity index (χ3v) is 6.12.